The lowest BCUT2D eigenvalue weighted by Gasteiger charge is -2.07. The molecule has 1 N–H and O–H groups in total. The Labute approximate surface area is 114 Å². The van der Waals surface area contributed by atoms with Gasteiger partial charge < -0.3 is 14.8 Å². The van der Waals surface area contributed by atoms with Crippen LogP contribution in [0.2, 0.25) is 0 Å². The van der Waals surface area contributed by atoms with Gasteiger partial charge in [0.1, 0.15) is 12.4 Å². The van der Waals surface area contributed by atoms with E-state index in [0.717, 1.165) is 18.7 Å². The van der Waals surface area contributed by atoms with E-state index in [9.17, 15) is 8.42 Å². The Morgan fingerprint density at radius 1 is 1.16 bits per heavy atom. The van der Waals surface area contributed by atoms with Crippen LogP contribution in [-0.4, -0.2) is 47.3 Å². The number of benzene rings is 1. The Morgan fingerprint density at radius 2 is 1.84 bits per heavy atom. The normalized spacial score (nSPS) is 11.5. The van der Waals surface area contributed by atoms with Crippen LogP contribution in [0.5, 0.6) is 5.75 Å². The molecule has 5 nitrogen and oxygen atoms in total. The molecule has 0 aliphatic rings. The van der Waals surface area contributed by atoms with Crippen LogP contribution >= 0.6 is 0 Å². The summed E-state index contributed by atoms with van der Waals surface area (Å²) in [6.07, 6.45) is 1.20. The number of hydrogen-bond acceptors (Lipinski definition) is 5. The van der Waals surface area contributed by atoms with Gasteiger partial charge in [0.25, 0.3) is 0 Å². The van der Waals surface area contributed by atoms with Crippen LogP contribution in [0.25, 0.3) is 0 Å². The smallest absolute Gasteiger partial charge is 0.150 e. The van der Waals surface area contributed by atoms with E-state index in [0.29, 0.717) is 12.4 Å². The summed E-state index contributed by atoms with van der Waals surface area (Å²) >= 11 is 0. The zero-order valence-electron chi connectivity index (χ0n) is 11.4. The molecule has 0 radical (unpaired) electrons. The van der Waals surface area contributed by atoms with Gasteiger partial charge in [0.15, 0.2) is 9.84 Å². The van der Waals surface area contributed by atoms with Gasteiger partial charge in [0.05, 0.1) is 12.4 Å². The van der Waals surface area contributed by atoms with Gasteiger partial charge in [-0.2, -0.15) is 0 Å². The van der Waals surface area contributed by atoms with Crippen molar-refractivity contribution in [3.63, 3.8) is 0 Å². The van der Waals surface area contributed by atoms with Crippen LogP contribution in [-0.2, 0) is 21.1 Å². The number of hydrogen-bond donors (Lipinski definition) is 1. The lowest BCUT2D eigenvalue weighted by molar-refractivity contribution is 0.199. The SMILES string of the molecule is COCCNCc1ccc(OCCS(C)(=O)=O)cc1. The molecule has 108 valence electrons. The molecule has 0 saturated carbocycles. The van der Waals surface area contributed by atoms with E-state index in [4.69, 9.17) is 9.47 Å². The van der Waals surface area contributed by atoms with Gasteiger partial charge in [-0.05, 0) is 17.7 Å². The van der Waals surface area contributed by atoms with E-state index in [-0.39, 0.29) is 12.4 Å². The second-order valence-electron chi connectivity index (χ2n) is 4.29. The van der Waals surface area contributed by atoms with Crippen LogP contribution in [0.4, 0.5) is 0 Å². The molecule has 6 heteroatoms. The molecule has 0 bridgehead atoms. The van der Waals surface area contributed by atoms with Crippen LogP contribution in [0.1, 0.15) is 5.56 Å². The Hall–Kier alpha value is -1.11. The predicted octanol–water partition coefficient (Wildman–Crippen LogP) is 0.846. The van der Waals surface area contributed by atoms with Gasteiger partial charge in [-0.1, -0.05) is 12.1 Å². The molecular formula is C13H21NO4S. The maximum atomic E-state index is 10.9. The summed E-state index contributed by atoms with van der Waals surface area (Å²) in [7, 11) is -1.30. The molecule has 1 aromatic rings. The minimum atomic E-state index is -2.97. The summed E-state index contributed by atoms with van der Waals surface area (Å²) in [6, 6.07) is 7.59. The van der Waals surface area contributed by atoms with E-state index < -0.39 is 9.84 Å². The van der Waals surface area contributed by atoms with Crippen molar-refractivity contribution >= 4 is 9.84 Å². The Kier molecular flexibility index (Phi) is 6.83. The van der Waals surface area contributed by atoms with Crippen LogP contribution in [0.15, 0.2) is 24.3 Å². The van der Waals surface area contributed by atoms with Gasteiger partial charge in [-0.25, -0.2) is 8.42 Å². The van der Waals surface area contributed by atoms with Gasteiger partial charge in [-0.3, -0.25) is 0 Å². The van der Waals surface area contributed by atoms with Crippen LogP contribution in [0.3, 0.4) is 0 Å². The van der Waals surface area contributed by atoms with Gasteiger partial charge in [0, 0.05) is 26.5 Å². The second-order valence-corrected chi connectivity index (χ2v) is 6.55. The molecule has 1 aromatic carbocycles. The molecule has 0 atom stereocenters. The zero-order chi connectivity index (χ0) is 14.1. The van der Waals surface area contributed by atoms with Crippen molar-refractivity contribution in [2.24, 2.45) is 0 Å². The number of ether oxygens (including phenoxy) is 2. The Balaban J connectivity index is 2.31. The van der Waals surface area contributed by atoms with E-state index in [1.807, 2.05) is 24.3 Å². The first-order valence-corrected chi connectivity index (χ1v) is 8.16. The summed E-state index contributed by atoms with van der Waals surface area (Å²) in [5.74, 6) is 0.720. The lowest BCUT2D eigenvalue weighted by Crippen LogP contribution is -2.18. The molecule has 0 spiro atoms. The molecule has 0 aliphatic carbocycles. The minimum absolute atomic E-state index is 0.0350. The summed E-state index contributed by atoms with van der Waals surface area (Å²) in [5, 5.41) is 3.24. The Bertz CT molecular complexity index is 456. The molecule has 1 rings (SSSR count). The fraction of sp³-hybridized carbons (Fsp3) is 0.538. The third-order valence-electron chi connectivity index (χ3n) is 2.46. The highest BCUT2D eigenvalue weighted by molar-refractivity contribution is 7.90. The standard InChI is InChI=1S/C13H21NO4S/c1-17-8-7-14-11-12-3-5-13(6-4-12)18-9-10-19(2,15)16/h3-6,14H,7-11H2,1-2H3. The number of sulfone groups is 1. The van der Waals surface area contributed by atoms with E-state index in [1.165, 1.54) is 6.26 Å². The number of rotatable bonds is 9. The van der Waals surface area contributed by atoms with Crippen molar-refractivity contribution in [3.05, 3.63) is 29.8 Å². The summed E-state index contributed by atoms with van der Waals surface area (Å²) < 4.78 is 32.2. The first kappa shape index (κ1) is 15.9. The topological polar surface area (TPSA) is 64.6 Å². The van der Waals surface area contributed by atoms with Crippen LogP contribution < -0.4 is 10.1 Å². The average molecular weight is 287 g/mol. The monoisotopic (exact) mass is 287 g/mol. The highest BCUT2D eigenvalue weighted by Crippen LogP contribution is 2.12. The third-order valence-corrected chi connectivity index (χ3v) is 3.37. The fourth-order valence-electron chi connectivity index (χ4n) is 1.42. The number of nitrogens with one attached hydrogen (secondary N) is 1. The van der Waals surface area contributed by atoms with Gasteiger partial charge >= 0.3 is 0 Å². The van der Waals surface area contributed by atoms with Crippen molar-refractivity contribution in [1.29, 1.82) is 0 Å². The molecule has 0 amide bonds. The van der Waals surface area contributed by atoms with Crippen LogP contribution in [0, 0.1) is 0 Å². The molecule has 19 heavy (non-hydrogen) atoms. The average Bonchev–Trinajstić information content (AvgIpc) is 2.35. The maximum Gasteiger partial charge on any atom is 0.150 e. The zero-order valence-corrected chi connectivity index (χ0v) is 12.2. The molecule has 0 aromatic heterocycles. The Morgan fingerprint density at radius 3 is 2.42 bits per heavy atom. The molecule has 0 fully saturated rings. The quantitative estimate of drug-likeness (QED) is 0.682. The second kappa shape index (κ2) is 8.14. The molecule has 0 heterocycles. The fourth-order valence-corrected chi connectivity index (χ4v) is 1.81. The largest absolute Gasteiger partial charge is 0.493 e. The van der Waals surface area contributed by atoms with Gasteiger partial charge in [0.2, 0.25) is 0 Å². The summed E-state index contributed by atoms with van der Waals surface area (Å²) in [5.41, 5.74) is 1.14. The lowest BCUT2D eigenvalue weighted by atomic mass is 10.2. The maximum absolute atomic E-state index is 10.9. The first-order chi connectivity index (χ1) is 9.01. The predicted molar refractivity (Wildman–Crippen MR) is 75.2 cm³/mol. The first-order valence-electron chi connectivity index (χ1n) is 6.10. The van der Waals surface area contributed by atoms with Crippen molar-refractivity contribution < 1.29 is 17.9 Å². The number of methoxy groups -OCH3 is 1. The summed E-state index contributed by atoms with van der Waals surface area (Å²) in [6.45, 7) is 2.45. The molecule has 0 aliphatic heterocycles. The minimum Gasteiger partial charge on any atom is -0.493 e. The van der Waals surface area contributed by atoms with Crippen molar-refractivity contribution in [3.8, 4) is 5.75 Å². The van der Waals surface area contributed by atoms with Crippen molar-refractivity contribution in [2.45, 2.75) is 6.54 Å². The third kappa shape index (κ3) is 7.81. The van der Waals surface area contributed by atoms with E-state index in [1.54, 1.807) is 7.11 Å². The van der Waals surface area contributed by atoms with Gasteiger partial charge in [-0.15, -0.1) is 0 Å². The molecular weight excluding hydrogens is 266 g/mol. The van der Waals surface area contributed by atoms with Crippen molar-refractivity contribution in [1.82, 2.24) is 5.32 Å². The van der Waals surface area contributed by atoms with Crippen molar-refractivity contribution in [2.75, 3.05) is 38.9 Å². The molecule has 0 saturated heterocycles. The molecule has 0 unspecified atom stereocenters. The highest BCUT2D eigenvalue weighted by Gasteiger charge is 2.02. The van der Waals surface area contributed by atoms with E-state index in [2.05, 4.69) is 5.32 Å². The highest BCUT2D eigenvalue weighted by atomic mass is 32.2. The summed E-state index contributed by atoms with van der Waals surface area (Å²) in [4.78, 5) is 0. The van der Waals surface area contributed by atoms with E-state index >= 15 is 0 Å².